The molecule has 0 saturated heterocycles. The number of allylic oxidation sites excluding steroid dienone is 2. The predicted molar refractivity (Wildman–Crippen MR) is 89.4 cm³/mol. The third-order valence-electron chi connectivity index (χ3n) is 4.70. The Morgan fingerprint density at radius 3 is 1.95 bits per heavy atom. The minimum atomic E-state index is 0.760. The van der Waals surface area contributed by atoms with Crippen molar-refractivity contribution in [2.75, 3.05) is 0 Å². The van der Waals surface area contributed by atoms with Crippen molar-refractivity contribution in [2.24, 2.45) is 29.6 Å². The molecule has 114 valence electrons. The van der Waals surface area contributed by atoms with Gasteiger partial charge in [-0.15, -0.1) is 0 Å². The Balaban J connectivity index is 4.40. The lowest BCUT2D eigenvalue weighted by atomic mass is 9.80. The van der Waals surface area contributed by atoms with Gasteiger partial charge in [-0.05, 0) is 36.0 Å². The Morgan fingerprint density at radius 1 is 0.895 bits per heavy atom. The van der Waals surface area contributed by atoms with Crippen molar-refractivity contribution in [3.8, 4) is 0 Å². The lowest BCUT2D eigenvalue weighted by Gasteiger charge is -2.25. The topological polar surface area (TPSA) is 0 Å². The second-order valence-electron chi connectivity index (χ2n) is 7.02. The second-order valence-corrected chi connectivity index (χ2v) is 7.02. The van der Waals surface area contributed by atoms with Crippen molar-refractivity contribution in [1.82, 2.24) is 0 Å². The van der Waals surface area contributed by atoms with Crippen molar-refractivity contribution in [2.45, 2.75) is 80.6 Å². The zero-order valence-corrected chi connectivity index (χ0v) is 14.6. The standard InChI is InChI=1S/C19H38/c1-8-10-12-17(7)19(16(5)6)14-11-13-18(9-2)15(3)4/h11,14-19H,8-10,12-13H2,1-7H3. The molecule has 0 N–H and O–H groups in total. The lowest BCUT2D eigenvalue weighted by molar-refractivity contribution is 0.308. The summed E-state index contributed by atoms with van der Waals surface area (Å²) in [7, 11) is 0. The Morgan fingerprint density at radius 2 is 1.53 bits per heavy atom. The average Bonchev–Trinajstić information content (AvgIpc) is 2.35. The molecule has 0 nitrogen and oxygen atoms in total. The van der Waals surface area contributed by atoms with E-state index in [-0.39, 0.29) is 0 Å². The zero-order valence-electron chi connectivity index (χ0n) is 14.6. The normalized spacial score (nSPS) is 17.3. The number of hydrogen-bond donors (Lipinski definition) is 0. The molecule has 0 aromatic heterocycles. The fraction of sp³-hybridized carbons (Fsp3) is 0.895. The lowest BCUT2D eigenvalue weighted by Crippen LogP contribution is -2.16. The van der Waals surface area contributed by atoms with Gasteiger partial charge in [-0.3, -0.25) is 0 Å². The third kappa shape index (κ3) is 7.80. The summed E-state index contributed by atoms with van der Waals surface area (Å²) < 4.78 is 0. The first-order chi connectivity index (χ1) is 8.93. The van der Waals surface area contributed by atoms with E-state index in [1.165, 1.54) is 32.1 Å². The second kappa shape index (κ2) is 10.5. The largest absolute Gasteiger partial charge is 0.0880 e. The summed E-state index contributed by atoms with van der Waals surface area (Å²) in [5, 5.41) is 0. The van der Waals surface area contributed by atoms with Crippen LogP contribution in [0.25, 0.3) is 0 Å². The molecule has 19 heavy (non-hydrogen) atoms. The van der Waals surface area contributed by atoms with Crippen LogP contribution < -0.4 is 0 Å². The summed E-state index contributed by atoms with van der Waals surface area (Å²) in [4.78, 5) is 0. The number of hydrogen-bond acceptors (Lipinski definition) is 0. The first-order valence-corrected chi connectivity index (χ1v) is 8.60. The number of rotatable bonds is 10. The van der Waals surface area contributed by atoms with E-state index in [1.807, 2.05) is 0 Å². The van der Waals surface area contributed by atoms with Gasteiger partial charge in [-0.25, -0.2) is 0 Å². The Bertz CT molecular complexity index is 224. The van der Waals surface area contributed by atoms with Crippen LogP contribution in [-0.4, -0.2) is 0 Å². The highest BCUT2D eigenvalue weighted by molar-refractivity contribution is 4.93. The smallest absolute Gasteiger partial charge is 0.0185 e. The van der Waals surface area contributed by atoms with Crippen molar-refractivity contribution in [1.29, 1.82) is 0 Å². The molecular formula is C19H38. The molecule has 0 saturated carbocycles. The molecule has 0 radical (unpaired) electrons. The molecule has 3 unspecified atom stereocenters. The van der Waals surface area contributed by atoms with E-state index in [0.717, 1.165) is 29.6 Å². The first-order valence-electron chi connectivity index (χ1n) is 8.60. The van der Waals surface area contributed by atoms with Crippen molar-refractivity contribution < 1.29 is 0 Å². The summed E-state index contributed by atoms with van der Waals surface area (Å²) in [6.07, 6.45) is 11.6. The van der Waals surface area contributed by atoms with Crippen LogP contribution in [0.3, 0.4) is 0 Å². The first kappa shape index (κ1) is 18.7. The number of unbranched alkanes of at least 4 members (excludes halogenated alkanes) is 1. The molecule has 0 amide bonds. The van der Waals surface area contributed by atoms with Crippen LogP contribution in [0.5, 0.6) is 0 Å². The molecule has 0 aliphatic rings. The van der Waals surface area contributed by atoms with Crippen LogP contribution >= 0.6 is 0 Å². The van der Waals surface area contributed by atoms with Crippen LogP contribution in [0.1, 0.15) is 80.6 Å². The van der Waals surface area contributed by atoms with Gasteiger partial charge in [0.25, 0.3) is 0 Å². The highest BCUT2D eigenvalue weighted by Crippen LogP contribution is 2.27. The van der Waals surface area contributed by atoms with Gasteiger partial charge in [0.2, 0.25) is 0 Å². The van der Waals surface area contributed by atoms with E-state index in [1.54, 1.807) is 0 Å². The van der Waals surface area contributed by atoms with Gasteiger partial charge in [0.1, 0.15) is 0 Å². The van der Waals surface area contributed by atoms with Crippen LogP contribution in [-0.2, 0) is 0 Å². The van der Waals surface area contributed by atoms with E-state index < -0.39 is 0 Å². The average molecular weight is 267 g/mol. The molecule has 0 fully saturated rings. The van der Waals surface area contributed by atoms with Crippen molar-refractivity contribution in [3.05, 3.63) is 12.2 Å². The summed E-state index contributed by atoms with van der Waals surface area (Å²) in [5.41, 5.74) is 0. The van der Waals surface area contributed by atoms with E-state index >= 15 is 0 Å². The highest BCUT2D eigenvalue weighted by atomic mass is 14.2. The molecule has 0 aliphatic carbocycles. The van der Waals surface area contributed by atoms with Crippen molar-refractivity contribution >= 4 is 0 Å². The molecule has 0 bridgehead atoms. The van der Waals surface area contributed by atoms with Gasteiger partial charge in [0.15, 0.2) is 0 Å². The van der Waals surface area contributed by atoms with Crippen LogP contribution in [0.15, 0.2) is 12.2 Å². The predicted octanol–water partition coefficient (Wildman–Crippen LogP) is 6.71. The van der Waals surface area contributed by atoms with Gasteiger partial charge in [0.05, 0.1) is 0 Å². The fourth-order valence-electron chi connectivity index (χ4n) is 3.11. The maximum absolute atomic E-state index is 2.52. The summed E-state index contributed by atoms with van der Waals surface area (Å²) in [6, 6.07) is 0. The highest BCUT2D eigenvalue weighted by Gasteiger charge is 2.17. The monoisotopic (exact) mass is 266 g/mol. The maximum atomic E-state index is 2.52. The van der Waals surface area contributed by atoms with Crippen LogP contribution in [0.4, 0.5) is 0 Å². The van der Waals surface area contributed by atoms with Crippen LogP contribution in [0.2, 0.25) is 0 Å². The quantitative estimate of drug-likeness (QED) is 0.385. The summed E-state index contributed by atoms with van der Waals surface area (Å²) in [5.74, 6) is 4.02. The summed E-state index contributed by atoms with van der Waals surface area (Å²) >= 11 is 0. The van der Waals surface area contributed by atoms with E-state index in [0.29, 0.717) is 0 Å². The molecular weight excluding hydrogens is 228 g/mol. The molecule has 0 aliphatic heterocycles. The Kier molecular flexibility index (Phi) is 10.4. The molecule has 0 heteroatoms. The minimum absolute atomic E-state index is 0.760. The van der Waals surface area contributed by atoms with Gasteiger partial charge < -0.3 is 0 Å². The van der Waals surface area contributed by atoms with E-state index in [4.69, 9.17) is 0 Å². The molecule has 0 spiro atoms. The molecule has 3 atom stereocenters. The van der Waals surface area contributed by atoms with Gasteiger partial charge in [-0.1, -0.05) is 86.3 Å². The van der Waals surface area contributed by atoms with Gasteiger partial charge >= 0.3 is 0 Å². The van der Waals surface area contributed by atoms with Gasteiger partial charge in [0, 0.05) is 0 Å². The third-order valence-corrected chi connectivity index (χ3v) is 4.70. The fourth-order valence-corrected chi connectivity index (χ4v) is 3.11. The zero-order chi connectivity index (χ0) is 14.8. The van der Waals surface area contributed by atoms with Gasteiger partial charge in [-0.2, -0.15) is 0 Å². The summed E-state index contributed by atoms with van der Waals surface area (Å²) in [6.45, 7) is 16.5. The minimum Gasteiger partial charge on any atom is -0.0880 e. The van der Waals surface area contributed by atoms with Crippen molar-refractivity contribution in [3.63, 3.8) is 0 Å². The van der Waals surface area contributed by atoms with Crippen LogP contribution in [0, 0.1) is 29.6 Å². The maximum Gasteiger partial charge on any atom is -0.0185 e. The Hall–Kier alpha value is -0.260. The Labute approximate surface area is 123 Å². The molecule has 0 heterocycles. The molecule has 0 aromatic rings. The SMILES string of the molecule is CCCCC(C)C(C=CCC(CC)C(C)C)C(C)C. The van der Waals surface area contributed by atoms with E-state index in [2.05, 4.69) is 60.6 Å². The molecule has 0 aromatic carbocycles. The molecule has 0 rings (SSSR count). The van der Waals surface area contributed by atoms with E-state index in [9.17, 15) is 0 Å².